The predicted molar refractivity (Wildman–Crippen MR) is 68.1 cm³/mol. The molecule has 0 bridgehead atoms. The number of hydrogen-bond acceptors (Lipinski definition) is 5. The van der Waals surface area contributed by atoms with Gasteiger partial charge in [-0.15, -0.1) is 5.10 Å². The van der Waals surface area contributed by atoms with Crippen molar-refractivity contribution in [2.75, 3.05) is 0 Å². The normalized spacial score (nSPS) is 10.6. The lowest BCUT2D eigenvalue weighted by atomic mass is 10.2. The quantitative estimate of drug-likeness (QED) is 0.796. The zero-order chi connectivity index (χ0) is 14.7. The molecule has 0 unspecified atom stereocenters. The van der Waals surface area contributed by atoms with E-state index in [4.69, 9.17) is 4.74 Å². The van der Waals surface area contributed by atoms with Crippen LogP contribution in [0.1, 0.15) is 5.69 Å². The molecule has 21 heavy (non-hydrogen) atoms. The van der Waals surface area contributed by atoms with Crippen molar-refractivity contribution >= 4 is 0 Å². The molecule has 0 fully saturated rings. The van der Waals surface area contributed by atoms with E-state index >= 15 is 0 Å². The van der Waals surface area contributed by atoms with E-state index in [1.807, 2.05) is 0 Å². The van der Waals surface area contributed by atoms with Gasteiger partial charge in [0.15, 0.2) is 5.82 Å². The number of ether oxygens (including phenoxy) is 1. The molecule has 2 heterocycles. The van der Waals surface area contributed by atoms with Crippen molar-refractivity contribution in [3.63, 3.8) is 0 Å². The Morgan fingerprint density at radius 3 is 2.62 bits per heavy atom. The van der Waals surface area contributed by atoms with Crippen LogP contribution in [0.3, 0.4) is 0 Å². The van der Waals surface area contributed by atoms with Gasteiger partial charge in [0.25, 0.3) is 0 Å². The fraction of sp³-hybridized carbons (Fsp3) is 0.0769. The molecule has 2 aromatic heterocycles. The van der Waals surface area contributed by atoms with E-state index in [2.05, 4.69) is 25.6 Å². The Kier molecular flexibility index (Phi) is 3.50. The first-order valence-corrected chi connectivity index (χ1v) is 5.99. The molecule has 8 heteroatoms. The van der Waals surface area contributed by atoms with Gasteiger partial charge < -0.3 is 4.74 Å². The summed E-state index contributed by atoms with van der Waals surface area (Å²) in [5.74, 6) is -0.142. The standard InChI is InChI=1S/C13H9F2N5O/c14-9-1-3-10(4-2-9)21-7-12-11(15)5-8(6-16-12)13-17-19-20-18-13/h1-6H,7H2,(H,17,18,19,20). The summed E-state index contributed by atoms with van der Waals surface area (Å²) in [6.07, 6.45) is 1.44. The molecule has 1 N–H and O–H groups in total. The molecule has 0 aliphatic heterocycles. The van der Waals surface area contributed by atoms with Crippen LogP contribution >= 0.6 is 0 Å². The molecule has 0 saturated heterocycles. The van der Waals surface area contributed by atoms with E-state index in [0.717, 1.165) is 0 Å². The topological polar surface area (TPSA) is 76.6 Å². The van der Waals surface area contributed by atoms with Crippen molar-refractivity contribution in [2.24, 2.45) is 0 Å². The second-order valence-electron chi connectivity index (χ2n) is 4.14. The Hall–Kier alpha value is -2.90. The number of H-pyrrole nitrogens is 1. The Morgan fingerprint density at radius 2 is 1.95 bits per heavy atom. The van der Waals surface area contributed by atoms with E-state index < -0.39 is 5.82 Å². The largest absolute Gasteiger partial charge is 0.487 e. The highest BCUT2D eigenvalue weighted by Gasteiger charge is 2.09. The first-order chi connectivity index (χ1) is 10.2. The van der Waals surface area contributed by atoms with Gasteiger partial charge in [0.1, 0.15) is 29.7 Å². The van der Waals surface area contributed by atoms with Gasteiger partial charge in [-0.25, -0.2) is 13.9 Å². The van der Waals surface area contributed by atoms with Crippen LogP contribution in [0.4, 0.5) is 8.78 Å². The van der Waals surface area contributed by atoms with E-state index in [0.29, 0.717) is 17.1 Å². The third kappa shape index (κ3) is 2.99. The maximum absolute atomic E-state index is 13.9. The molecule has 0 amide bonds. The van der Waals surface area contributed by atoms with Crippen LogP contribution in [-0.4, -0.2) is 25.6 Å². The van der Waals surface area contributed by atoms with Crippen LogP contribution in [0, 0.1) is 11.6 Å². The maximum atomic E-state index is 13.9. The highest BCUT2D eigenvalue weighted by Crippen LogP contribution is 2.17. The third-order valence-corrected chi connectivity index (χ3v) is 2.73. The minimum absolute atomic E-state index is 0.0631. The Morgan fingerprint density at radius 1 is 1.14 bits per heavy atom. The van der Waals surface area contributed by atoms with Gasteiger partial charge in [0, 0.05) is 11.8 Å². The number of pyridine rings is 1. The molecule has 1 aromatic carbocycles. The van der Waals surface area contributed by atoms with Crippen LogP contribution in [0.5, 0.6) is 5.75 Å². The SMILES string of the molecule is Fc1ccc(OCc2ncc(-c3nnn[nH]3)cc2F)cc1. The second kappa shape index (κ2) is 5.61. The summed E-state index contributed by atoms with van der Waals surface area (Å²) in [6.45, 7) is -0.0631. The molecular formula is C13H9F2N5O. The summed E-state index contributed by atoms with van der Waals surface area (Å²) < 4.78 is 32.0. The summed E-state index contributed by atoms with van der Waals surface area (Å²) in [4.78, 5) is 3.98. The fourth-order valence-corrected chi connectivity index (χ4v) is 1.67. The van der Waals surface area contributed by atoms with Gasteiger partial charge in [-0.2, -0.15) is 0 Å². The molecule has 0 saturated carbocycles. The van der Waals surface area contributed by atoms with Gasteiger partial charge >= 0.3 is 0 Å². The Labute approximate surface area is 117 Å². The minimum atomic E-state index is -0.536. The lowest BCUT2D eigenvalue weighted by Crippen LogP contribution is -2.02. The average molecular weight is 289 g/mol. The molecule has 3 rings (SSSR count). The van der Waals surface area contributed by atoms with Crippen molar-refractivity contribution in [1.82, 2.24) is 25.6 Å². The smallest absolute Gasteiger partial charge is 0.181 e. The molecule has 3 aromatic rings. The van der Waals surface area contributed by atoms with Crippen molar-refractivity contribution in [3.05, 3.63) is 53.9 Å². The number of nitrogens with zero attached hydrogens (tertiary/aromatic N) is 4. The zero-order valence-electron chi connectivity index (χ0n) is 10.6. The first kappa shape index (κ1) is 13.1. The Balaban J connectivity index is 1.73. The minimum Gasteiger partial charge on any atom is -0.487 e. The summed E-state index contributed by atoms with van der Waals surface area (Å²) in [7, 11) is 0. The van der Waals surface area contributed by atoms with E-state index in [1.165, 1.54) is 36.5 Å². The predicted octanol–water partition coefficient (Wildman–Crippen LogP) is 2.12. The zero-order valence-corrected chi connectivity index (χ0v) is 10.6. The number of tetrazole rings is 1. The maximum Gasteiger partial charge on any atom is 0.181 e. The van der Waals surface area contributed by atoms with E-state index in [-0.39, 0.29) is 18.1 Å². The van der Waals surface area contributed by atoms with Crippen LogP contribution in [0.25, 0.3) is 11.4 Å². The van der Waals surface area contributed by atoms with Gasteiger partial charge in [-0.1, -0.05) is 0 Å². The van der Waals surface area contributed by atoms with E-state index in [9.17, 15) is 8.78 Å². The van der Waals surface area contributed by atoms with Crippen molar-refractivity contribution in [3.8, 4) is 17.1 Å². The van der Waals surface area contributed by atoms with Crippen molar-refractivity contribution in [1.29, 1.82) is 0 Å². The molecule has 0 spiro atoms. The summed E-state index contributed by atoms with van der Waals surface area (Å²) in [5.41, 5.74) is 0.568. The van der Waals surface area contributed by atoms with Gasteiger partial charge in [0.2, 0.25) is 0 Å². The lowest BCUT2D eigenvalue weighted by Gasteiger charge is -2.07. The Bertz CT molecular complexity index is 731. The van der Waals surface area contributed by atoms with Gasteiger partial charge in [0.05, 0.1) is 0 Å². The molecule has 0 aliphatic carbocycles. The number of rotatable bonds is 4. The van der Waals surface area contributed by atoms with Gasteiger partial charge in [-0.3, -0.25) is 4.98 Å². The van der Waals surface area contributed by atoms with Crippen LogP contribution in [0.2, 0.25) is 0 Å². The second-order valence-corrected chi connectivity index (χ2v) is 4.14. The summed E-state index contributed by atoms with van der Waals surface area (Å²) >= 11 is 0. The number of nitrogens with one attached hydrogen (secondary N) is 1. The molecule has 0 atom stereocenters. The third-order valence-electron chi connectivity index (χ3n) is 2.73. The van der Waals surface area contributed by atoms with Gasteiger partial charge in [-0.05, 0) is 40.8 Å². The average Bonchev–Trinajstić information content (AvgIpc) is 3.02. The highest BCUT2D eigenvalue weighted by atomic mass is 19.1. The molecule has 0 aliphatic rings. The van der Waals surface area contributed by atoms with Crippen LogP contribution < -0.4 is 4.74 Å². The monoisotopic (exact) mass is 289 g/mol. The van der Waals surface area contributed by atoms with Crippen molar-refractivity contribution in [2.45, 2.75) is 6.61 Å². The molecule has 6 nitrogen and oxygen atoms in total. The first-order valence-electron chi connectivity index (χ1n) is 5.99. The number of hydrogen-bond donors (Lipinski definition) is 1. The summed E-state index contributed by atoms with van der Waals surface area (Å²) in [5, 5.41) is 13.0. The number of halogens is 2. The van der Waals surface area contributed by atoms with Crippen LogP contribution in [0.15, 0.2) is 36.5 Å². The number of aromatic nitrogens is 5. The number of aromatic amines is 1. The van der Waals surface area contributed by atoms with Crippen LogP contribution in [-0.2, 0) is 6.61 Å². The molecular weight excluding hydrogens is 280 g/mol. The van der Waals surface area contributed by atoms with E-state index in [1.54, 1.807) is 0 Å². The molecule has 0 radical (unpaired) electrons. The fourth-order valence-electron chi connectivity index (χ4n) is 1.67. The summed E-state index contributed by atoms with van der Waals surface area (Å²) in [6, 6.07) is 6.71. The highest BCUT2D eigenvalue weighted by molar-refractivity contribution is 5.52. The van der Waals surface area contributed by atoms with Crippen molar-refractivity contribution < 1.29 is 13.5 Å². The number of benzene rings is 1. The molecule has 106 valence electrons. The lowest BCUT2D eigenvalue weighted by molar-refractivity contribution is 0.294.